The molecule has 1 atom stereocenters. The highest BCUT2D eigenvalue weighted by atomic mass is 19.1. The summed E-state index contributed by atoms with van der Waals surface area (Å²) in [6.45, 7) is 3.39. The Balaban J connectivity index is 1.50. The molecule has 0 bridgehead atoms. The summed E-state index contributed by atoms with van der Waals surface area (Å²) in [5.74, 6) is -0.207. The van der Waals surface area contributed by atoms with Crippen LogP contribution in [-0.4, -0.2) is 18.4 Å². The van der Waals surface area contributed by atoms with E-state index in [1.54, 1.807) is 6.07 Å². The molecule has 1 N–H and O–H groups in total. The molecule has 3 rings (SSSR count). The Labute approximate surface area is 129 Å². The van der Waals surface area contributed by atoms with Crippen LogP contribution in [0.5, 0.6) is 0 Å². The van der Waals surface area contributed by atoms with Gasteiger partial charge in [0.2, 0.25) is 0 Å². The molecular weight excluding hydrogens is 279 g/mol. The molecule has 3 nitrogen and oxygen atoms in total. The minimum absolute atomic E-state index is 0.0307. The maximum Gasteiger partial charge on any atom is 0.145 e. The fourth-order valence-electron chi connectivity index (χ4n) is 2.62. The molecule has 0 saturated heterocycles. The van der Waals surface area contributed by atoms with Crippen LogP contribution in [0.4, 0.5) is 4.39 Å². The minimum atomic E-state index is -0.207. The van der Waals surface area contributed by atoms with Crippen molar-refractivity contribution in [2.24, 2.45) is 5.16 Å². The fourth-order valence-corrected chi connectivity index (χ4v) is 2.62. The van der Waals surface area contributed by atoms with Crippen LogP contribution in [0.2, 0.25) is 0 Å². The number of nitrogens with one attached hydrogen (secondary N) is 1. The molecule has 0 radical (unpaired) electrons. The summed E-state index contributed by atoms with van der Waals surface area (Å²) in [5.41, 5.74) is 4.28. The largest absolute Gasteiger partial charge is 0.390 e. The van der Waals surface area contributed by atoms with Gasteiger partial charge < -0.3 is 10.2 Å². The molecule has 22 heavy (non-hydrogen) atoms. The maximum absolute atomic E-state index is 13.1. The molecule has 0 aromatic heterocycles. The summed E-state index contributed by atoms with van der Waals surface area (Å²) in [4.78, 5) is 5.49. The van der Waals surface area contributed by atoms with E-state index >= 15 is 0 Å². The molecule has 0 spiro atoms. The predicted octanol–water partition coefficient (Wildman–Crippen LogP) is 3.42. The predicted molar refractivity (Wildman–Crippen MR) is 85.3 cm³/mol. The van der Waals surface area contributed by atoms with Crippen LogP contribution >= 0.6 is 0 Å². The van der Waals surface area contributed by atoms with Crippen LogP contribution in [0.15, 0.2) is 53.7 Å². The number of hydrogen-bond donors (Lipinski definition) is 1. The molecule has 2 aromatic carbocycles. The Morgan fingerprint density at radius 1 is 1.23 bits per heavy atom. The van der Waals surface area contributed by atoms with Crippen molar-refractivity contribution >= 4 is 5.71 Å². The first-order valence-corrected chi connectivity index (χ1v) is 7.46. The van der Waals surface area contributed by atoms with E-state index in [2.05, 4.69) is 29.5 Å². The van der Waals surface area contributed by atoms with E-state index in [1.165, 1.54) is 17.7 Å². The summed E-state index contributed by atoms with van der Waals surface area (Å²) in [5, 5.41) is 7.50. The molecule has 0 fully saturated rings. The van der Waals surface area contributed by atoms with Gasteiger partial charge in [0.1, 0.15) is 11.9 Å². The summed E-state index contributed by atoms with van der Waals surface area (Å²) < 4.78 is 13.1. The Kier molecular flexibility index (Phi) is 4.49. The number of nitrogens with zero attached hydrogens (tertiary/aromatic N) is 1. The molecule has 4 heteroatoms. The van der Waals surface area contributed by atoms with E-state index in [4.69, 9.17) is 4.84 Å². The minimum Gasteiger partial charge on any atom is -0.390 e. The number of benzene rings is 2. The third kappa shape index (κ3) is 3.52. The van der Waals surface area contributed by atoms with Gasteiger partial charge in [-0.05, 0) is 30.2 Å². The van der Waals surface area contributed by atoms with Crippen molar-refractivity contribution in [1.82, 2.24) is 5.32 Å². The number of rotatable bonds is 5. The first kappa shape index (κ1) is 14.7. The normalized spacial score (nSPS) is 17.2. The maximum atomic E-state index is 13.1. The van der Waals surface area contributed by atoms with E-state index in [0.717, 1.165) is 23.3 Å². The van der Waals surface area contributed by atoms with E-state index < -0.39 is 0 Å². The Hall–Kier alpha value is -2.20. The number of halogens is 1. The smallest absolute Gasteiger partial charge is 0.145 e. The second-order valence-electron chi connectivity index (χ2n) is 5.55. The molecule has 0 saturated carbocycles. The average molecular weight is 298 g/mol. The standard InChI is InChI=1S/C18H19FN2O/c1-13-5-2-3-8-17(13)18-10-16(22-21-18)12-20-11-14-6-4-7-15(19)9-14/h2-9,16,20H,10-12H2,1H3. The lowest BCUT2D eigenvalue weighted by Crippen LogP contribution is -2.26. The lowest BCUT2D eigenvalue weighted by Gasteiger charge is -2.10. The highest BCUT2D eigenvalue weighted by molar-refractivity contribution is 6.02. The van der Waals surface area contributed by atoms with Crippen molar-refractivity contribution in [2.75, 3.05) is 6.54 Å². The molecule has 1 unspecified atom stereocenters. The van der Waals surface area contributed by atoms with Gasteiger partial charge in [-0.15, -0.1) is 0 Å². The van der Waals surface area contributed by atoms with Gasteiger partial charge in [0, 0.05) is 25.1 Å². The quantitative estimate of drug-likeness (QED) is 0.917. The van der Waals surface area contributed by atoms with Gasteiger partial charge in [-0.25, -0.2) is 4.39 Å². The third-order valence-corrected chi connectivity index (χ3v) is 3.78. The van der Waals surface area contributed by atoms with Crippen LogP contribution in [0.3, 0.4) is 0 Å². The lowest BCUT2D eigenvalue weighted by molar-refractivity contribution is 0.0848. The molecule has 0 aliphatic carbocycles. The van der Waals surface area contributed by atoms with E-state index in [1.807, 2.05) is 18.2 Å². The van der Waals surface area contributed by atoms with Crippen molar-refractivity contribution in [3.63, 3.8) is 0 Å². The Bertz CT molecular complexity index is 684. The van der Waals surface area contributed by atoms with Crippen LogP contribution in [0.1, 0.15) is 23.1 Å². The van der Waals surface area contributed by atoms with Gasteiger partial charge in [0.05, 0.1) is 5.71 Å². The fraction of sp³-hybridized carbons (Fsp3) is 0.278. The van der Waals surface area contributed by atoms with E-state index in [-0.39, 0.29) is 11.9 Å². The third-order valence-electron chi connectivity index (χ3n) is 3.78. The summed E-state index contributed by atoms with van der Waals surface area (Å²) in [6, 6.07) is 14.8. The van der Waals surface area contributed by atoms with Crippen LogP contribution in [0, 0.1) is 12.7 Å². The topological polar surface area (TPSA) is 33.6 Å². The number of hydrogen-bond acceptors (Lipinski definition) is 3. The summed E-state index contributed by atoms with van der Waals surface area (Å²) >= 11 is 0. The van der Waals surface area contributed by atoms with Crippen LogP contribution in [-0.2, 0) is 11.4 Å². The average Bonchev–Trinajstić information content (AvgIpc) is 2.96. The monoisotopic (exact) mass is 298 g/mol. The number of aryl methyl sites for hydroxylation is 1. The Morgan fingerprint density at radius 3 is 2.91 bits per heavy atom. The van der Waals surface area contributed by atoms with Gasteiger partial charge >= 0.3 is 0 Å². The molecule has 114 valence electrons. The first-order chi connectivity index (χ1) is 10.7. The van der Waals surface area contributed by atoms with Gasteiger partial charge in [-0.1, -0.05) is 41.6 Å². The zero-order chi connectivity index (χ0) is 15.4. The zero-order valence-corrected chi connectivity index (χ0v) is 12.6. The Morgan fingerprint density at radius 2 is 2.09 bits per heavy atom. The molecule has 0 amide bonds. The van der Waals surface area contributed by atoms with Crippen molar-refractivity contribution in [2.45, 2.75) is 26.0 Å². The van der Waals surface area contributed by atoms with Crippen molar-refractivity contribution in [3.8, 4) is 0 Å². The molecular formula is C18H19FN2O. The van der Waals surface area contributed by atoms with Crippen molar-refractivity contribution < 1.29 is 9.23 Å². The van der Waals surface area contributed by atoms with Gasteiger partial charge in [0.25, 0.3) is 0 Å². The first-order valence-electron chi connectivity index (χ1n) is 7.46. The van der Waals surface area contributed by atoms with E-state index in [0.29, 0.717) is 13.1 Å². The lowest BCUT2D eigenvalue weighted by atomic mass is 10.0. The summed E-state index contributed by atoms with van der Waals surface area (Å²) in [7, 11) is 0. The van der Waals surface area contributed by atoms with Crippen LogP contribution in [0.25, 0.3) is 0 Å². The second kappa shape index (κ2) is 6.71. The van der Waals surface area contributed by atoms with Gasteiger partial charge in [0.15, 0.2) is 0 Å². The second-order valence-corrected chi connectivity index (χ2v) is 5.55. The summed E-state index contributed by atoms with van der Waals surface area (Å²) in [6.07, 6.45) is 0.823. The molecule has 1 heterocycles. The van der Waals surface area contributed by atoms with Crippen molar-refractivity contribution in [1.29, 1.82) is 0 Å². The molecule has 1 aliphatic heterocycles. The van der Waals surface area contributed by atoms with Crippen molar-refractivity contribution in [3.05, 3.63) is 71.0 Å². The number of oxime groups is 1. The highest BCUT2D eigenvalue weighted by Gasteiger charge is 2.22. The van der Waals surface area contributed by atoms with Gasteiger partial charge in [-0.2, -0.15) is 0 Å². The molecule has 1 aliphatic rings. The van der Waals surface area contributed by atoms with E-state index in [9.17, 15) is 4.39 Å². The van der Waals surface area contributed by atoms with Gasteiger partial charge in [-0.3, -0.25) is 0 Å². The highest BCUT2D eigenvalue weighted by Crippen LogP contribution is 2.19. The molecule has 2 aromatic rings. The zero-order valence-electron chi connectivity index (χ0n) is 12.6. The van der Waals surface area contributed by atoms with Crippen LogP contribution < -0.4 is 5.32 Å². The SMILES string of the molecule is Cc1ccccc1C1=NOC(CNCc2cccc(F)c2)C1.